The molecule has 2 aromatic rings. The maximum Gasteiger partial charge on any atom is 0.274 e. The van der Waals surface area contributed by atoms with Crippen molar-refractivity contribution < 1.29 is 4.39 Å². The number of nitrogens with zero attached hydrogens (tertiary/aromatic N) is 3. The second kappa shape index (κ2) is 3.90. The molecule has 0 unspecified atom stereocenters. The highest BCUT2D eigenvalue weighted by Gasteiger charge is 2.45. The predicted molar refractivity (Wildman–Crippen MR) is 69.4 cm³/mol. The molecule has 1 aliphatic carbocycles. The zero-order chi connectivity index (χ0) is 13.8. The second-order valence-corrected chi connectivity index (χ2v) is 5.24. The molecule has 7 heteroatoms. The summed E-state index contributed by atoms with van der Waals surface area (Å²) in [7, 11) is 1.46. The minimum atomic E-state index is -0.754. The molecule has 0 N–H and O–H groups in total. The van der Waals surface area contributed by atoms with E-state index in [9.17, 15) is 14.0 Å². The molecule has 19 heavy (non-hydrogen) atoms. The van der Waals surface area contributed by atoms with Crippen LogP contribution in [0.3, 0.4) is 0 Å². The van der Waals surface area contributed by atoms with Crippen molar-refractivity contribution in [3.8, 4) is 0 Å². The van der Waals surface area contributed by atoms with E-state index in [2.05, 4.69) is 5.10 Å². The molecular weight excluding hydrogens is 273 g/mol. The molecular formula is C12H11ClFN3O2. The summed E-state index contributed by atoms with van der Waals surface area (Å²) in [6, 6.07) is 1.21. The van der Waals surface area contributed by atoms with Gasteiger partial charge in [0, 0.05) is 24.7 Å². The number of hydrogen-bond donors (Lipinski definition) is 0. The highest BCUT2D eigenvalue weighted by Crippen LogP contribution is 2.43. The van der Waals surface area contributed by atoms with Crippen LogP contribution in [-0.4, -0.2) is 21.0 Å². The molecule has 100 valence electrons. The van der Waals surface area contributed by atoms with Crippen LogP contribution in [-0.2, 0) is 12.6 Å². The normalized spacial score (nSPS) is 16.8. The van der Waals surface area contributed by atoms with Gasteiger partial charge < -0.3 is 4.57 Å². The monoisotopic (exact) mass is 283 g/mol. The second-order valence-electron chi connectivity index (χ2n) is 4.89. The summed E-state index contributed by atoms with van der Waals surface area (Å²) in [6.45, 7) is -0.603. The third-order valence-corrected chi connectivity index (χ3v) is 3.90. The van der Waals surface area contributed by atoms with E-state index in [1.165, 1.54) is 23.9 Å². The summed E-state index contributed by atoms with van der Waals surface area (Å²) in [4.78, 5) is 23.9. The molecule has 0 atom stereocenters. The number of hydrogen-bond acceptors (Lipinski definition) is 3. The Kier molecular flexibility index (Phi) is 2.53. The zero-order valence-electron chi connectivity index (χ0n) is 10.2. The van der Waals surface area contributed by atoms with Gasteiger partial charge >= 0.3 is 0 Å². The Morgan fingerprint density at radius 2 is 2.11 bits per heavy atom. The fraction of sp³-hybridized carbons (Fsp3) is 0.417. The summed E-state index contributed by atoms with van der Waals surface area (Å²) in [6.07, 6.45) is 2.68. The smallest absolute Gasteiger partial charge is 0.274 e. The molecule has 1 aliphatic rings. The molecule has 1 saturated carbocycles. The third kappa shape index (κ3) is 1.70. The van der Waals surface area contributed by atoms with Crippen LogP contribution in [0.4, 0.5) is 4.39 Å². The Labute approximate surface area is 112 Å². The van der Waals surface area contributed by atoms with Gasteiger partial charge in [0.2, 0.25) is 0 Å². The Hall–Kier alpha value is -1.69. The average molecular weight is 284 g/mol. The molecule has 0 amide bonds. The van der Waals surface area contributed by atoms with Crippen LogP contribution < -0.4 is 11.1 Å². The van der Waals surface area contributed by atoms with Gasteiger partial charge in [-0.3, -0.25) is 9.59 Å². The summed E-state index contributed by atoms with van der Waals surface area (Å²) in [5, 5.41) is 4.57. The summed E-state index contributed by atoms with van der Waals surface area (Å²) in [5.41, 5.74) is -1.54. The zero-order valence-corrected chi connectivity index (χ0v) is 10.9. The fourth-order valence-corrected chi connectivity index (χ4v) is 2.50. The number of halogens is 2. The molecule has 2 aromatic heterocycles. The van der Waals surface area contributed by atoms with Crippen molar-refractivity contribution in [2.45, 2.75) is 18.4 Å². The Balaban J connectivity index is 2.39. The van der Waals surface area contributed by atoms with E-state index in [1.807, 2.05) is 0 Å². The maximum absolute atomic E-state index is 13.1. The highest BCUT2D eigenvalue weighted by molar-refractivity contribution is 6.34. The van der Waals surface area contributed by atoms with Crippen molar-refractivity contribution in [3.05, 3.63) is 38.1 Å². The number of rotatable bonds is 2. The summed E-state index contributed by atoms with van der Waals surface area (Å²) < 4.78 is 15.5. The van der Waals surface area contributed by atoms with E-state index < -0.39 is 17.8 Å². The Bertz CT molecular complexity index is 792. The molecule has 0 bridgehead atoms. The molecule has 5 nitrogen and oxygen atoms in total. The van der Waals surface area contributed by atoms with Crippen LogP contribution in [0.2, 0.25) is 5.15 Å². The van der Waals surface area contributed by atoms with Gasteiger partial charge in [-0.25, -0.2) is 9.07 Å². The third-order valence-electron chi connectivity index (χ3n) is 3.62. The van der Waals surface area contributed by atoms with E-state index in [4.69, 9.17) is 11.6 Å². The van der Waals surface area contributed by atoms with Crippen LogP contribution in [0.15, 0.2) is 21.9 Å². The van der Waals surface area contributed by atoms with E-state index in [0.717, 1.165) is 4.68 Å². The number of fused-ring (bicyclic) bond motifs is 1. The first-order chi connectivity index (χ1) is 8.98. The van der Waals surface area contributed by atoms with Gasteiger partial charge in [0.15, 0.2) is 5.15 Å². The van der Waals surface area contributed by atoms with E-state index in [1.54, 1.807) is 0 Å². The molecule has 1 fully saturated rings. The first-order valence-corrected chi connectivity index (χ1v) is 6.22. The molecule has 3 rings (SSSR count). The fourth-order valence-electron chi connectivity index (χ4n) is 2.23. The van der Waals surface area contributed by atoms with Crippen molar-refractivity contribution in [1.82, 2.24) is 14.3 Å². The van der Waals surface area contributed by atoms with Crippen LogP contribution >= 0.6 is 11.6 Å². The van der Waals surface area contributed by atoms with Crippen molar-refractivity contribution in [2.24, 2.45) is 7.05 Å². The first-order valence-electron chi connectivity index (χ1n) is 5.84. The minimum absolute atomic E-state index is 0.125. The molecule has 0 spiro atoms. The predicted octanol–water partition coefficient (Wildman–Crippen LogP) is 1.21. The van der Waals surface area contributed by atoms with Gasteiger partial charge in [-0.05, 0) is 12.8 Å². The van der Waals surface area contributed by atoms with Crippen LogP contribution in [0, 0.1) is 0 Å². The molecule has 0 radical (unpaired) electrons. The van der Waals surface area contributed by atoms with Crippen molar-refractivity contribution in [2.75, 3.05) is 6.67 Å². The van der Waals surface area contributed by atoms with E-state index >= 15 is 0 Å². The first kappa shape index (κ1) is 12.3. The minimum Gasteiger partial charge on any atom is -0.306 e. The number of alkyl halides is 1. The lowest BCUT2D eigenvalue weighted by molar-refractivity contribution is 0.331. The van der Waals surface area contributed by atoms with Gasteiger partial charge in [0.1, 0.15) is 6.67 Å². The van der Waals surface area contributed by atoms with Crippen LogP contribution in [0.1, 0.15) is 12.8 Å². The number of aryl methyl sites for hydroxylation is 1. The molecule has 2 heterocycles. The number of aromatic nitrogens is 3. The maximum atomic E-state index is 13.1. The molecule has 0 aliphatic heterocycles. The van der Waals surface area contributed by atoms with Crippen LogP contribution in [0.25, 0.3) is 10.8 Å². The van der Waals surface area contributed by atoms with E-state index in [-0.39, 0.29) is 16.1 Å². The van der Waals surface area contributed by atoms with Crippen molar-refractivity contribution in [1.29, 1.82) is 0 Å². The Morgan fingerprint density at radius 1 is 1.42 bits per heavy atom. The highest BCUT2D eigenvalue weighted by atomic mass is 35.5. The number of pyridine rings is 1. The van der Waals surface area contributed by atoms with Gasteiger partial charge in [-0.1, -0.05) is 11.6 Å². The summed E-state index contributed by atoms with van der Waals surface area (Å²) in [5.74, 6) is 0. The molecule has 0 saturated heterocycles. The van der Waals surface area contributed by atoms with Gasteiger partial charge in [0.05, 0.1) is 10.9 Å². The lowest BCUT2D eigenvalue weighted by atomic mass is 10.2. The SMILES string of the molecule is Cn1nc(Cl)c2cn(C3(CF)CC3)c(=O)cc2c1=O. The quantitative estimate of drug-likeness (QED) is 0.832. The van der Waals surface area contributed by atoms with Gasteiger partial charge in [-0.2, -0.15) is 5.10 Å². The van der Waals surface area contributed by atoms with Crippen molar-refractivity contribution >= 4 is 22.4 Å². The lowest BCUT2D eigenvalue weighted by Gasteiger charge is -2.15. The Morgan fingerprint density at radius 3 is 2.68 bits per heavy atom. The largest absolute Gasteiger partial charge is 0.306 e. The summed E-state index contributed by atoms with van der Waals surface area (Å²) >= 11 is 5.99. The van der Waals surface area contributed by atoms with Gasteiger partial charge in [-0.15, -0.1) is 0 Å². The lowest BCUT2D eigenvalue weighted by Crippen LogP contribution is -2.32. The van der Waals surface area contributed by atoms with Crippen LogP contribution in [0.5, 0.6) is 0 Å². The van der Waals surface area contributed by atoms with Gasteiger partial charge in [0.25, 0.3) is 11.1 Å². The standard InChI is InChI=1S/C12H11ClFN3O2/c1-16-11(19)7-4-9(18)17(12(6-14)2-3-12)5-8(7)10(13)15-16/h4-5H,2-3,6H2,1H3. The molecule has 0 aromatic carbocycles. The topological polar surface area (TPSA) is 56.9 Å². The van der Waals surface area contributed by atoms with Crippen molar-refractivity contribution in [3.63, 3.8) is 0 Å². The van der Waals surface area contributed by atoms with E-state index in [0.29, 0.717) is 18.2 Å². The average Bonchev–Trinajstić information content (AvgIpc) is 3.16.